The van der Waals surface area contributed by atoms with Crippen molar-refractivity contribution in [2.45, 2.75) is 25.2 Å². The van der Waals surface area contributed by atoms with E-state index in [4.69, 9.17) is 37.9 Å². The lowest BCUT2D eigenvalue weighted by molar-refractivity contribution is -0.210. The molecule has 0 heterocycles. The Labute approximate surface area is 709 Å². The number of carbonyl (C=O) groups excluding carboxylic acids is 16. The molecule has 0 radical (unpaired) electrons. The molecule has 0 aliphatic carbocycles. The van der Waals surface area contributed by atoms with Gasteiger partial charge < -0.3 is 75.1 Å². The number of amides is 7. The van der Waals surface area contributed by atoms with Crippen LogP contribution in [0.4, 0.5) is 0 Å². The second kappa shape index (κ2) is 53.4. The molecular weight excluding hydrogens is 1590 g/mol. The van der Waals surface area contributed by atoms with Crippen molar-refractivity contribution in [1.29, 1.82) is 0 Å². The molecule has 31 nitrogen and oxygen atoms in total. The van der Waals surface area contributed by atoms with Crippen molar-refractivity contribution in [1.82, 2.24) is 37.2 Å². The van der Waals surface area contributed by atoms with Crippen LogP contribution in [0.1, 0.15) is 179 Å². The number of aldehydes is 8. The molecule has 0 aliphatic heterocycles. The molecule has 7 N–H and O–H groups in total. The minimum absolute atomic E-state index is 0.0606. The molecule has 0 fully saturated rings. The number of rotatable bonds is 59. The quantitative estimate of drug-likeness (QED) is 0.00841. The van der Waals surface area contributed by atoms with Gasteiger partial charge in [-0.15, -0.1) is 0 Å². The van der Waals surface area contributed by atoms with Gasteiger partial charge in [0.2, 0.25) is 0 Å². The zero-order valence-electron chi connectivity index (χ0n) is 67.4. The van der Waals surface area contributed by atoms with E-state index in [1.807, 2.05) is 0 Å². The van der Waals surface area contributed by atoms with Crippen molar-refractivity contribution < 1.29 is 115 Å². The van der Waals surface area contributed by atoms with Gasteiger partial charge in [-0.25, -0.2) is 0 Å². The molecule has 0 aromatic heterocycles. The molecule has 7 amide bonds. The molecule has 8 aromatic rings. The van der Waals surface area contributed by atoms with Crippen LogP contribution in [0.25, 0.3) is 0 Å². The Morgan fingerprint density at radius 2 is 0.431 bits per heavy atom. The summed E-state index contributed by atoms with van der Waals surface area (Å²) in [4.78, 5) is 203. The number of hydrogen-bond acceptors (Lipinski definition) is 24. The lowest BCUT2D eigenvalue weighted by Crippen LogP contribution is -2.50. The second-order valence-corrected chi connectivity index (χ2v) is 27.8. The van der Waals surface area contributed by atoms with Crippen LogP contribution >= 0.6 is 0 Å². The number of ether oxygens (including phenoxy) is 8. The zero-order chi connectivity index (χ0) is 87.8. The van der Waals surface area contributed by atoms with Crippen molar-refractivity contribution in [3.8, 4) is 0 Å². The van der Waals surface area contributed by atoms with Gasteiger partial charge in [0.25, 0.3) is 41.4 Å². The van der Waals surface area contributed by atoms with Gasteiger partial charge in [0.05, 0.1) is 92.0 Å². The minimum Gasteiger partial charge on any atom is -0.379 e. The van der Waals surface area contributed by atoms with E-state index in [1.165, 1.54) is 194 Å². The monoisotopic (exact) mass is 1680 g/mol. The predicted molar refractivity (Wildman–Crippen MR) is 448 cm³/mol. The lowest BCUT2D eigenvalue weighted by Gasteiger charge is -2.42. The molecule has 6 atom stereocenters. The van der Waals surface area contributed by atoms with Crippen LogP contribution in [0.2, 0.25) is 0 Å². The van der Waals surface area contributed by atoms with Gasteiger partial charge in [-0.3, -0.25) is 76.7 Å². The highest BCUT2D eigenvalue weighted by Gasteiger charge is 2.44. The summed E-state index contributed by atoms with van der Waals surface area (Å²) in [5.74, 6) is -8.26. The predicted octanol–water partition coefficient (Wildman–Crippen LogP) is 7.45. The first kappa shape index (κ1) is 95.2. The molecule has 6 unspecified atom stereocenters. The number of hydrogen-bond donors (Lipinski definition) is 7. The normalized spacial score (nSPS) is 12.4. The number of nitrogens with one attached hydrogen (secondary N) is 7. The SMILES string of the molecule is O=Cc1ccc(C(=O)CCCOC(OCCNC(=O)c2ccc(C=O)cc2)C(COCCNC(=O)c2ccc(C=O)cc2)C(COCCNC(=O)c2ccc(C=O)cc2)C(COCCNC(=O)c2ccc(C=O)cc2)C(COCCNC(=O)c2ccc(C=O)cc2)C(COCCNC(=O)c2ccc(C=O)cc2)OCCNC(=O)c2ccc(C=O)cc2)cc1. The Hall–Kier alpha value is -13.2. The van der Waals surface area contributed by atoms with Crippen LogP contribution in [0.15, 0.2) is 194 Å². The summed E-state index contributed by atoms with van der Waals surface area (Å²) >= 11 is 0. The molecule has 0 spiro atoms. The molecule has 0 aliphatic rings. The number of ketones is 1. The average molecular weight is 1680 g/mol. The first-order valence-electron chi connectivity index (χ1n) is 39.6. The first-order valence-corrected chi connectivity index (χ1v) is 39.6. The maximum atomic E-state index is 13.9. The standard InChI is InChI=1S/C92H97N7O24/c100-50-63-3-19-71(20-4-63)83(108)2-1-42-122-92(123-49-41-99-91(115)78-33-17-70(57-107)18-34-78)82(61-119-46-38-96-88(112)75-27-11-67(54-104)12-28-75)80(59-117-44-36-94-86(110)73-23-7-65(52-102)8-24-73)79(58-116-43-35-93-85(109)72-21-5-64(51-101)6-22-72)81(60-118-45-37-95-87(111)74-25-9-66(53-103)10-26-74)84(121-48-40-98-90(114)77-31-15-69(56-106)16-32-77)62-120-47-39-97-89(113)76-29-13-68(55-105)14-30-76/h3-34,50-57,79-82,84,92H,1-2,35-49,58-62H2,(H,93,109)(H,94,110)(H,95,111)(H,96,112)(H,97,113)(H,98,114)(H,99,115). The second-order valence-electron chi connectivity index (χ2n) is 27.8. The summed E-state index contributed by atoms with van der Waals surface area (Å²) in [5, 5.41) is 19.9. The molecular formula is C92H97N7O24. The van der Waals surface area contributed by atoms with Gasteiger partial charge >= 0.3 is 0 Å². The number of benzene rings is 8. The summed E-state index contributed by atoms with van der Waals surface area (Å²) in [5.41, 5.74) is 4.51. The summed E-state index contributed by atoms with van der Waals surface area (Å²) in [7, 11) is 0. The Morgan fingerprint density at radius 3 is 0.691 bits per heavy atom. The summed E-state index contributed by atoms with van der Waals surface area (Å²) in [6.45, 7) is -4.19. The van der Waals surface area contributed by atoms with E-state index in [-0.39, 0.29) is 189 Å². The van der Waals surface area contributed by atoms with Crippen molar-refractivity contribution in [2.24, 2.45) is 23.7 Å². The first-order chi connectivity index (χ1) is 60.0. The summed E-state index contributed by atoms with van der Waals surface area (Å²) in [6.07, 6.45) is 2.40. The molecule has 31 heteroatoms. The highest BCUT2D eigenvalue weighted by Crippen LogP contribution is 2.36. The maximum absolute atomic E-state index is 13.9. The van der Waals surface area contributed by atoms with E-state index in [0.29, 0.717) is 100 Å². The maximum Gasteiger partial charge on any atom is 0.251 e. The molecule has 8 rings (SSSR count). The third kappa shape index (κ3) is 32.3. The molecule has 0 saturated heterocycles. The molecule has 644 valence electrons. The van der Waals surface area contributed by atoms with Crippen LogP contribution < -0.4 is 37.2 Å². The topological polar surface area (TPSA) is 431 Å². The largest absolute Gasteiger partial charge is 0.379 e. The number of carbonyl (C=O) groups is 16. The molecule has 123 heavy (non-hydrogen) atoms. The van der Waals surface area contributed by atoms with Gasteiger partial charge in [0, 0.05) is 153 Å². The van der Waals surface area contributed by atoms with Crippen LogP contribution in [0, 0.1) is 23.7 Å². The van der Waals surface area contributed by atoms with Crippen LogP contribution in [-0.4, -0.2) is 242 Å². The van der Waals surface area contributed by atoms with E-state index >= 15 is 0 Å². The Kier molecular flexibility index (Phi) is 41.4. The Morgan fingerprint density at radius 1 is 0.228 bits per heavy atom. The van der Waals surface area contributed by atoms with Crippen molar-refractivity contribution in [3.05, 3.63) is 283 Å². The zero-order valence-corrected chi connectivity index (χ0v) is 67.4. The van der Waals surface area contributed by atoms with Gasteiger partial charge in [-0.05, 0) is 103 Å². The van der Waals surface area contributed by atoms with E-state index in [1.54, 1.807) is 0 Å². The van der Waals surface area contributed by atoms with Crippen LogP contribution in [-0.2, 0) is 37.9 Å². The summed E-state index contributed by atoms with van der Waals surface area (Å²) in [6, 6.07) is 47.4. The Balaban J connectivity index is 1.26. The average Bonchev–Trinajstić information content (AvgIpc) is 0.807. The fourth-order valence-electron chi connectivity index (χ4n) is 12.6. The molecule has 0 bridgehead atoms. The van der Waals surface area contributed by atoms with Crippen molar-refractivity contribution >= 4 is 97.4 Å². The summed E-state index contributed by atoms with van der Waals surface area (Å²) < 4.78 is 54.1. The Bertz CT molecular complexity index is 4690. The van der Waals surface area contributed by atoms with E-state index in [9.17, 15) is 76.7 Å². The van der Waals surface area contributed by atoms with Gasteiger partial charge in [-0.2, -0.15) is 0 Å². The van der Waals surface area contributed by atoms with E-state index in [2.05, 4.69) is 37.2 Å². The van der Waals surface area contributed by atoms with E-state index < -0.39 is 77.4 Å². The molecule has 0 saturated carbocycles. The number of Topliss-reactive ketones (excluding diaryl/α,β-unsaturated/α-hetero) is 1. The smallest absolute Gasteiger partial charge is 0.251 e. The van der Waals surface area contributed by atoms with Crippen molar-refractivity contribution in [3.63, 3.8) is 0 Å². The lowest BCUT2D eigenvalue weighted by atomic mass is 9.73. The fraction of sp³-hybridized carbons (Fsp3) is 0.304. The highest BCUT2D eigenvalue weighted by molar-refractivity contribution is 5.99. The van der Waals surface area contributed by atoms with Crippen LogP contribution in [0.3, 0.4) is 0 Å². The third-order valence-electron chi connectivity index (χ3n) is 19.4. The van der Waals surface area contributed by atoms with Crippen LogP contribution in [0.5, 0.6) is 0 Å². The fourth-order valence-corrected chi connectivity index (χ4v) is 12.6. The van der Waals surface area contributed by atoms with Crippen molar-refractivity contribution in [2.75, 3.05) is 132 Å². The van der Waals surface area contributed by atoms with E-state index in [0.717, 1.165) is 0 Å². The van der Waals surface area contributed by atoms with Gasteiger partial charge in [0.15, 0.2) is 12.1 Å². The molecule has 8 aromatic carbocycles. The highest BCUT2D eigenvalue weighted by atomic mass is 16.7. The van der Waals surface area contributed by atoms with Gasteiger partial charge in [-0.1, -0.05) is 109 Å². The van der Waals surface area contributed by atoms with Gasteiger partial charge in [0.1, 0.15) is 50.3 Å². The third-order valence-corrected chi connectivity index (χ3v) is 19.4. The minimum atomic E-state index is -1.46.